The summed E-state index contributed by atoms with van der Waals surface area (Å²) in [6.07, 6.45) is 10.1. The van der Waals surface area contributed by atoms with Crippen LogP contribution in [-0.2, 0) is 0 Å². The van der Waals surface area contributed by atoms with E-state index in [1.54, 1.807) is 0 Å². The molecule has 0 spiro atoms. The van der Waals surface area contributed by atoms with Crippen molar-refractivity contribution < 1.29 is 5.11 Å². The van der Waals surface area contributed by atoms with Crippen molar-refractivity contribution in [2.24, 2.45) is 0 Å². The molecule has 1 nitrogen and oxygen atoms in total. The molecule has 0 heterocycles. The van der Waals surface area contributed by atoms with Crippen LogP contribution < -0.4 is 0 Å². The van der Waals surface area contributed by atoms with Crippen LogP contribution in [0.2, 0.25) is 0 Å². The molecule has 0 aliphatic rings. The Morgan fingerprint density at radius 3 is 1.86 bits per heavy atom. The van der Waals surface area contributed by atoms with Gasteiger partial charge in [0.1, 0.15) is 0 Å². The van der Waals surface area contributed by atoms with E-state index >= 15 is 0 Å². The van der Waals surface area contributed by atoms with E-state index in [-0.39, 0.29) is 0 Å². The number of hydrogen-bond donors (Lipinski definition) is 1. The summed E-state index contributed by atoms with van der Waals surface area (Å²) in [6.45, 7) is 0.358. The van der Waals surface area contributed by atoms with Gasteiger partial charge in [-0.15, -0.1) is 0 Å². The van der Waals surface area contributed by atoms with Crippen LogP contribution in [0.5, 0.6) is 0 Å². The molecule has 0 saturated carbocycles. The normalized spacial score (nSPS) is 13.1. The minimum absolute atomic E-state index is 0.358. The summed E-state index contributed by atoms with van der Waals surface area (Å²) in [5.74, 6) is 0. The SMILES string of the molecule is OCCCCCCCCCC(Br)CBr. The molecule has 14 heavy (non-hydrogen) atoms. The van der Waals surface area contributed by atoms with Crippen molar-refractivity contribution in [3.05, 3.63) is 0 Å². The van der Waals surface area contributed by atoms with Crippen LogP contribution in [-0.4, -0.2) is 21.9 Å². The predicted octanol–water partition coefficient (Wildman–Crippen LogP) is 4.26. The first-order valence-corrected chi connectivity index (χ1v) is 7.66. The Morgan fingerprint density at radius 2 is 1.36 bits per heavy atom. The van der Waals surface area contributed by atoms with E-state index in [0.29, 0.717) is 11.4 Å². The summed E-state index contributed by atoms with van der Waals surface area (Å²) < 4.78 is 0. The largest absolute Gasteiger partial charge is 0.396 e. The average molecular weight is 330 g/mol. The second kappa shape index (κ2) is 12.0. The van der Waals surface area contributed by atoms with Gasteiger partial charge in [-0.1, -0.05) is 70.4 Å². The van der Waals surface area contributed by atoms with Crippen molar-refractivity contribution in [2.75, 3.05) is 11.9 Å². The first-order chi connectivity index (χ1) is 6.81. The summed E-state index contributed by atoms with van der Waals surface area (Å²) >= 11 is 7.06. The molecular weight excluding hydrogens is 308 g/mol. The molecule has 0 fully saturated rings. The van der Waals surface area contributed by atoms with Crippen LogP contribution >= 0.6 is 31.9 Å². The minimum atomic E-state index is 0.358. The summed E-state index contributed by atoms with van der Waals surface area (Å²) in [6, 6.07) is 0. The van der Waals surface area contributed by atoms with Gasteiger partial charge in [-0.3, -0.25) is 0 Å². The number of alkyl halides is 2. The van der Waals surface area contributed by atoms with Crippen molar-refractivity contribution in [1.82, 2.24) is 0 Å². The average Bonchev–Trinajstić information content (AvgIpc) is 2.21. The predicted molar refractivity (Wildman–Crippen MR) is 70.5 cm³/mol. The molecule has 0 saturated heterocycles. The molecule has 0 aliphatic carbocycles. The van der Waals surface area contributed by atoms with Crippen molar-refractivity contribution in [3.8, 4) is 0 Å². The van der Waals surface area contributed by atoms with Crippen molar-refractivity contribution in [2.45, 2.75) is 56.2 Å². The maximum Gasteiger partial charge on any atom is 0.0431 e. The number of hydrogen-bond acceptors (Lipinski definition) is 1. The quantitative estimate of drug-likeness (QED) is 0.469. The molecular formula is C11H22Br2O. The smallest absolute Gasteiger partial charge is 0.0431 e. The van der Waals surface area contributed by atoms with Gasteiger partial charge in [0.25, 0.3) is 0 Å². The molecule has 3 heteroatoms. The molecule has 1 N–H and O–H groups in total. The highest BCUT2D eigenvalue weighted by atomic mass is 79.9. The minimum Gasteiger partial charge on any atom is -0.396 e. The van der Waals surface area contributed by atoms with Gasteiger partial charge in [0.05, 0.1) is 0 Å². The third kappa shape index (κ3) is 11.0. The van der Waals surface area contributed by atoms with E-state index in [1.807, 2.05) is 0 Å². The van der Waals surface area contributed by atoms with E-state index in [2.05, 4.69) is 31.9 Å². The lowest BCUT2D eigenvalue weighted by Crippen LogP contribution is -1.97. The number of halogens is 2. The zero-order chi connectivity index (χ0) is 10.6. The number of aliphatic hydroxyl groups excluding tert-OH is 1. The van der Waals surface area contributed by atoms with Crippen molar-refractivity contribution in [3.63, 3.8) is 0 Å². The molecule has 0 aromatic carbocycles. The third-order valence-corrected chi connectivity index (χ3v) is 4.77. The first-order valence-electron chi connectivity index (χ1n) is 5.62. The number of aliphatic hydroxyl groups is 1. The highest BCUT2D eigenvalue weighted by Crippen LogP contribution is 2.14. The summed E-state index contributed by atoms with van der Waals surface area (Å²) in [7, 11) is 0. The summed E-state index contributed by atoms with van der Waals surface area (Å²) in [4.78, 5) is 0.650. The Kier molecular flexibility index (Phi) is 12.8. The number of unbranched alkanes of at least 4 members (excludes halogenated alkanes) is 6. The van der Waals surface area contributed by atoms with E-state index in [4.69, 9.17) is 5.11 Å². The maximum absolute atomic E-state index is 8.59. The van der Waals surface area contributed by atoms with Gasteiger partial charge in [0.2, 0.25) is 0 Å². The second-order valence-corrected chi connectivity index (χ2v) is 5.68. The van der Waals surface area contributed by atoms with Gasteiger partial charge < -0.3 is 5.11 Å². The van der Waals surface area contributed by atoms with Crippen LogP contribution in [0.15, 0.2) is 0 Å². The zero-order valence-corrected chi connectivity index (χ0v) is 12.0. The topological polar surface area (TPSA) is 20.2 Å². The van der Waals surface area contributed by atoms with Gasteiger partial charge >= 0.3 is 0 Å². The fourth-order valence-electron chi connectivity index (χ4n) is 1.44. The van der Waals surface area contributed by atoms with Gasteiger partial charge in [-0.2, -0.15) is 0 Å². The van der Waals surface area contributed by atoms with Crippen LogP contribution in [0, 0.1) is 0 Å². The van der Waals surface area contributed by atoms with Gasteiger partial charge in [0, 0.05) is 16.8 Å². The second-order valence-electron chi connectivity index (χ2n) is 3.74. The van der Waals surface area contributed by atoms with Crippen molar-refractivity contribution >= 4 is 31.9 Å². The molecule has 0 aromatic rings. The molecule has 0 amide bonds. The fourth-order valence-corrected chi connectivity index (χ4v) is 2.09. The van der Waals surface area contributed by atoms with Gasteiger partial charge in [-0.05, 0) is 12.8 Å². The maximum atomic E-state index is 8.59. The lowest BCUT2D eigenvalue weighted by molar-refractivity contribution is 0.282. The summed E-state index contributed by atoms with van der Waals surface area (Å²) in [5.41, 5.74) is 0. The van der Waals surface area contributed by atoms with Crippen LogP contribution in [0.25, 0.3) is 0 Å². The molecule has 1 atom stereocenters. The molecule has 0 rings (SSSR count). The molecule has 0 aromatic heterocycles. The fraction of sp³-hybridized carbons (Fsp3) is 1.00. The van der Waals surface area contributed by atoms with E-state index < -0.39 is 0 Å². The lowest BCUT2D eigenvalue weighted by Gasteiger charge is -2.05. The molecule has 0 bridgehead atoms. The highest BCUT2D eigenvalue weighted by Gasteiger charge is 2.00. The van der Waals surface area contributed by atoms with Crippen molar-refractivity contribution in [1.29, 1.82) is 0 Å². The standard InChI is InChI=1S/C11H22Br2O/c12-10-11(13)8-6-4-2-1-3-5-7-9-14/h11,14H,1-10H2. The van der Waals surface area contributed by atoms with Crippen LogP contribution in [0.4, 0.5) is 0 Å². The highest BCUT2D eigenvalue weighted by molar-refractivity contribution is 9.12. The van der Waals surface area contributed by atoms with E-state index in [0.717, 1.165) is 11.8 Å². The Morgan fingerprint density at radius 1 is 0.857 bits per heavy atom. The Hall–Kier alpha value is 0.920. The molecule has 0 aliphatic heterocycles. The Bertz CT molecular complexity index is 109. The Balaban J connectivity index is 2.92. The van der Waals surface area contributed by atoms with E-state index in [1.165, 1.54) is 44.9 Å². The van der Waals surface area contributed by atoms with Crippen LogP contribution in [0.3, 0.4) is 0 Å². The third-order valence-electron chi connectivity index (χ3n) is 2.34. The molecule has 1 unspecified atom stereocenters. The molecule has 86 valence electrons. The lowest BCUT2D eigenvalue weighted by atomic mass is 10.1. The van der Waals surface area contributed by atoms with Crippen LogP contribution in [0.1, 0.15) is 51.4 Å². The number of rotatable bonds is 10. The monoisotopic (exact) mass is 328 g/mol. The summed E-state index contributed by atoms with van der Waals surface area (Å²) in [5, 5.41) is 9.64. The van der Waals surface area contributed by atoms with Gasteiger partial charge in [0.15, 0.2) is 0 Å². The molecule has 0 radical (unpaired) electrons. The Labute approximate surface area is 105 Å². The van der Waals surface area contributed by atoms with Gasteiger partial charge in [-0.25, -0.2) is 0 Å². The zero-order valence-electron chi connectivity index (χ0n) is 8.85. The first kappa shape index (κ1) is 14.9. The van der Waals surface area contributed by atoms with E-state index in [9.17, 15) is 0 Å².